The van der Waals surface area contributed by atoms with E-state index >= 15 is 0 Å². The Balaban J connectivity index is 2.17. The van der Waals surface area contributed by atoms with Crippen LogP contribution in [0.2, 0.25) is 0 Å². The van der Waals surface area contributed by atoms with Gasteiger partial charge in [-0.15, -0.1) is 0 Å². The molecular weight excluding hydrogens is 294 g/mol. The van der Waals surface area contributed by atoms with E-state index in [2.05, 4.69) is 44.2 Å². The number of nitrogens with zero attached hydrogens (tertiary/aromatic N) is 1. The van der Waals surface area contributed by atoms with Gasteiger partial charge in [-0.05, 0) is 37.5 Å². The van der Waals surface area contributed by atoms with E-state index in [-0.39, 0.29) is 11.7 Å². The van der Waals surface area contributed by atoms with Gasteiger partial charge in [0.1, 0.15) is 0 Å². The summed E-state index contributed by atoms with van der Waals surface area (Å²) in [5.41, 5.74) is 6.02. The van der Waals surface area contributed by atoms with E-state index in [4.69, 9.17) is 4.99 Å². The Hall–Kier alpha value is -2.74. The van der Waals surface area contributed by atoms with E-state index in [1.807, 2.05) is 36.4 Å². The summed E-state index contributed by atoms with van der Waals surface area (Å²) in [5.74, 6) is -0.000886. The summed E-state index contributed by atoms with van der Waals surface area (Å²) < 4.78 is 0. The molecular formula is C22H21NO. The monoisotopic (exact) mass is 315 g/mol. The van der Waals surface area contributed by atoms with Crippen LogP contribution in [0.1, 0.15) is 23.6 Å². The van der Waals surface area contributed by atoms with Crippen molar-refractivity contribution in [2.24, 2.45) is 10.9 Å². The number of aryl methyl sites for hydroxylation is 2. The highest BCUT2D eigenvalue weighted by Crippen LogP contribution is 2.30. The van der Waals surface area contributed by atoms with Gasteiger partial charge in [0, 0.05) is 11.5 Å². The lowest BCUT2D eigenvalue weighted by Gasteiger charge is -2.17. The minimum absolute atomic E-state index is 0.0927. The van der Waals surface area contributed by atoms with Gasteiger partial charge in [0.25, 0.3) is 0 Å². The number of hydrogen-bond acceptors (Lipinski definition) is 2. The molecule has 0 N–H and O–H groups in total. The number of benzene rings is 2. The first kappa shape index (κ1) is 16.1. The SMILES string of the molecule is CC(=O)C1=CC=CC1C(=Nc1c(C)cccc1C)c1ccccc1. The third kappa shape index (κ3) is 3.13. The van der Waals surface area contributed by atoms with Crippen LogP contribution < -0.4 is 0 Å². The van der Waals surface area contributed by atoms with E-state index in [0.717, 1.165) is 33.7 Å². The molecule has 2 heteroatoms. The van der Waals surface area contributed by atoms with Gasteiger partial charge in [-0.2, -0.15) is 0 Å². The molecule has 0 spiro atoms. The molecule has 2 aromatic rings. The quantitative estimate of drug-likeness (QED) is 0.720. The van der Waals surface area contributed by atoms with Gasteiger partial charge in [0.05, 0.1) is 11.4 Å². The maximum absolute atomic E-state index is 12.0. The molecule has 1 aliphatic rings. The number of Topliss-reactive ketones (excluding diaryl/α,β-unsaturated/α-hetero) is 1. The van der Waals surface area contributed by atoms with Crippen LogP contribution >= 0.6 is 0 Å². The Morgan fingerprint density at radius 1 is 0.958 bits per heavy atom. The Morgan fingerprint density at radius 3 is 2.25 bits per heavy atom. The average molecular weight is 315 g/mol. The van der Waals surface area contributed by atoms with Crippen molar-refractivity contribution in [1.29, 1.82) is 0 Å². The first-order valence-electron chi connectivity index (χ1n) is 8.17. The van der Waals surface area contributed by atoms with Crippen molar-refractivity contribution in [2.45, 2.75) is 20.8 Å². The fourth-order valence-electron chi connectivity index (χ4n) is 3.08. The van der Waals surface area contributed by atoms with Gasteiger partial charge in [0.15, 0.2) is 5.78 Å². The van der Waals surface area contributed by atoms with Crippen molar-refractivity contribution in [3.05, 3.63) is 89.0 Å². The summed E-state index contributed by atoms with van der Waals surface area (Å²) in [5, 5.41) is 0. The standard InChI is InChI=1S/C22H21NO/c1-15-9-7-10-16(2)21(15)23-22(18-11-5-4-6-12-18)20-14-8-13-19(20)17(3)24/h4-14,20H,1-3H3. The normalized spacial score (nSPS) is 17.0. The predicted molar refractivity (Wildman–Crippen MR) is 99.9 cm³/mol. The summed E-state index contributed by atoms with van der Waals surface area (Å²) in [6.45, 7) is 5.76. The van der Waals surface area contributed by atoms with E-state index in [9.17, 15) is 4.79 Å². The van der Waals surface area contributed by atoms with Gasteiger partial charge < -0.3 is 0 Å². The summed E-state index contributed by atoms with van der Waals surface area (Å²) in [7, 11) is 0. The highest BCUT2D eigenvalue weighted by atomic mass is 16.1. The molecule has 0 fully saturated rings. The number of para-hydroxylation sites is 1. The van der Waals surface area contributed by atoms with Gasteiger partial charge in [-0.1, -0.05) is 66.8 Å². The zero-order valence-electron chi connectivity index (χ0n) is 14.3. The van der Waals surface area contributed by atoms with Crippen LogP contribution in [0.3, 0.4) is 0 Å². The summed E-state index contributed by atoms with van der Waals surface area (Å²) in [6, 6.07) is 16.3. The second-order valence-electron chi connectivity index (χ2n) is 6.14. The van der Waals surface area contributed by atoms with Crippen LogP contribution in [-0.2, 0) is 4.79 Å². The van der Waals surface area contributed by atoms with Crippen LogP contribution in [0.5, 0.6) is 0 Å². The van der Waals surface area contributed by atoms with Gasteiger partial charge in [-0.25, -0.2) is 0 Å². The fraction of sp³-hybridized carbons (Fsp3) is 0.182. The van der Waals surface area contributed by atoms with Crippen LogP contribution in [0, 0.1) is 19.8 Å². The van der Waals surface area contributed by atoms with Crippen molar-refractivity contribution in [1.82, 2.24) is 0 Å². The minimum atomic E-state index is -0.0936. The summed E-state index contributed by atoms with van der Waals surface area (Å²) in [6.07, 6.45) is 5.90. The molecule has 2 nitrogen and oxygen atoms in total. The lowest BCUT2D eigenvalue weighted by molar-refractivity contribution is -0.113. The molecule has 1 aliphatic carbocycles. The van der Waals surface area contributed by atoms with Gasteiger partial charge >= 0.3 is 0 Å². The molecule has 2 aromatic carbocycles. The molecule has 0 saturated heterocycles. The maximum atomic E-state index is 12.0. The Bertz CT molecular complexity index is 837. The molecule has 1 unspecified atom stereocenters. The number of hydrogen-bond donors (Lipinski definition) is 0. The molecule has 24 heavy (non-hydrogen) atoms. The van der Waals surface area contributed by atoms with E-state index in [0.29, 0.717) is 0 Å². The van der Waals surface area contributed by atoms with Crippen LogP contribution in [0.4, 0.5) is 5.69 Å². The van der Waals surface area contributed by atoms with Gasteiger partial charge in [-0.3, -0.25) is 9.79 Å². The van der Waals surface area contributed by atoms with Crippen molar-refractivity contribution >= 4 is 17.2 Å². The third-order valence-electron chi connectivity index (χ3n) is 4.36. The lowest BCUT2D eigenvalue weighted by atomic mass is 9.90. The van der Waals surface area contributed by atoms with Crippen LogP contribution in [-0.4, -0.2) is 11.5 Å². The molecule has 0 amide bonds. The number of carbonyl (C=O) groups excluding carboxylic acids is 1. The van der Waals surface area contributed by atoms with E-state index in [1.165, 1.54) is 0 Å². The number of rotatable bonds is 4. The number of carbonyl (C=O) groups is 1. The van der Waals surface area contributed by atoms with Crippen molar-refractivity contribution in [3.8, 4) is 0 Å². The highest BCUT2D eigenvalue weighted by Gasteiger charge is 2.25. The molecule has 120 valence electrons. The predicted octanol–water partition coefficient (Wildman–Crippen LogP) is 5.13. The number of aliphatic imine (C=N–C) groups is 1. The Labute approximate surface area is 143 Å². The topological polar surface area (TPSA) is 29.4 Å². The number of allylic oxidation sites excluding steroid dienone is 4. The summed E-state index contributed by atoms with van der Waals surface area (Å²) >= 11 is 0. The van der Waals surface area contributed by atoms with Gasteiger partial charge in [0.2, 0.25) is 0 Å². The molecule has 0 heterocycles. The van der Waals surface area contributed by atoms with Crippen molar-refractivity contribution in [2.75, 3.05) is 0 Å². The first-order valence-corrected chi connectivity index (χ1v) is 8.17. The van der Waals surface area contributed by atoms with Crippen molar-refractivity contribution < 1.29 is 4.79 Å². The molecule has 1 atom stereocenters. The third-order valence-corrected chi connectivity index (χ3v) is 4.36. The zero-order chi connectivity index (χ0) is 17.1. The largest absolute Gasteiger partial charge is 0.295 e. The minimum Gasteiger partial charge on any atom is -0.295 e. The van der Waals surface area contributed by atoms with E-state index in [1.54, 1.807) is 6.92 Å². The second-order valence-corrected chi connectivity index (χ2v) is 6.14. The fourth-order valence-corrected chi connectivity index (χ4v) is 3.08. The molecule has 0 aliphatic heterocycles. The second kappa shape index (κ2) is 6.79. The molecule has 0 radical (unpaired) electrons. The molecule has 0 aromatic heterocycles. The lowest BCUT2D eigenvalue weighted by Crippen LogP contribution is -2.18. The Kier molecular flexibility index (Phi) is 4.57. The smallest absolute Gasteiger partial charge is 0.156 e. The van der Waals surface area contributed by atoms with Crippen LogP contribution in [0.25, 0.3) is 0 Å². The molecule has 3 rings (SSSR count). The summed E-state index contributed by atoms with van der Waals surface area (Å²) in [4.78, 5) is 17.0. The highest BCUT2D eigenvalue weighted by molar-refractivity contribution is 6.12. The van der Waals surface area contributed by atoms with Crippen molar-refractivity contribution in [3.63, 3.8) is 0 Å². The molecule has 0 saturated carbocycles. The van der Waals surface area contributed by atoms with Crippen LogP contribution in [0.15, 0.2) is 77.3 Å². The van der Waals surface area contributed by atoms with E-state index < -0.39 is 0 Å². The molecule has 0 bridgehead atoms. The average Bonchev–Trinajstić information content (AvgIpc) is 3.05. The first-order chi connectivity index (χ1) is 11.6. The zero-order valence-corrected chi connectivity index (χ0v) is 14.3. The number of ketones is 1. The maximum Gasteiger partial charge on any atom is 0.156 e. The Morgan fingerprint density at radius 2 is 1.62 bits per heavy atom.